The van der Waals surface area contributed by atoms with E-state index in [1.54, 1.807) is 0 Å². The van der Waals surface area contributed by atoms with E-state index in [-0.39, 0.29) is 0 Å². The van der Waals surface area contributed by atoms with Crippen LogP contribution >= 0.6 is 0 Å². The molecule has 2 atom stereocenters. The first-order valence-corrected chi connectivity index (χ1v) is 5.56. The molecule has 0 saturated heterocycles. The van der Waals surface area contributed by atoms with Crippen molar-refractivity contribution >= 4 is 0 Å². The SMILES string of the molecule is CC1C(C)(C)C(C)C1(C)C(C)(C)C. The summed E-state index contributed by atoms with van der Waals surface area (Å²) in [5.74, 6) is 1.66. The Morgan fingerprint density at radius 1 is 0.846 bits per heavy atom. The molecule has 1 fully saturated rings. The summed E-state index contributed by atoms with van der Waals surface area (Å²) in [4.78, 5) is 0. The van der Waals surface area contributed by atoms with E-state index in [2.05, 4.69) is 55.4 Å². The molecular weight excluding hydrogens is 156 g/mol. The lowest BCUT2D eigenvalue weighted by Gasteiger charge is -2.69. The topological polar surface area (TPSA) is 0 Å². The molecule has 13 heavy (non-hydrogen) atoms. The van der Waals surface area contributed by atoms with Crippen LogP contribution in [0.25, 0.3) is 0 Å². The second-order valence-corrected chi connectivity index (χ2v) is 6.80. The highest BCUT2D eigenvalue weighted by Crippen LogP contribution is 2.69. The lowest BCUT2D eigenvalue weighted by molar-refractivity contribution is -0.210. The highest BCUT2D eigenvalue weighted by Gasteiger charge is 2.63. The molecule has 1 saturated carbocycles. The Hall–Kier alpha value is 0. The molecule has 0 aliphatic heterocycles. The van der Waals surface area contributed by atoms with Crippen molar-refractivity contribution in [2.24, 2.45) is 28.1 Å². The number of hydrogen-bond acceptors (Lipinski definition) is 0. The van der Waals surface area contributed by atoms with Gasteiger partial charge in [-0.15, -0.1) is 0 Å². The molecule has 0 amide bonds. The summed E-state index contributed by atoms with van der Waals surface area (Å²) in [7, 11) is 0. The summed E-state index contributed by atoms with van der Waals surface area (Å²) in [5, 5.41) is 0. The van der Waals surface area contributed by atoms with Gasteiger partial charge in [0.05, 0.1) is 0 Å². The highest BCUT2D eigenvalue weighted by atomic mass is 14.7. The molecule has 1 rings (SSSR count). The molecule has 0 heteroatoms. The minimum absolute atomic E-state index is 0.432. The van der Waals surface area contributed by atoms with E-state index in [1.165, 1.54) is 0 Å². The van der Waals surface area contributed by atoms with E-state index in [4.69, 9.17) is 0 Å². The van der Waals surface area contributed by atoms with Crippen molar-refractivity contribution in [1.82, 2.24) is 0 Å². The molecule has 0 heterocycles. The van der Waals surface area contributed by atoms with E-state index in [0.29, 0.717) is 16.2 Å². The average Bonchev–Trinajstić information content (AvgIpc) is 1.98. The summed E-state index contributed by atoms with van der Waals surface area (Å²) in [5.41, 5.74) is 1.47. The van der Waals surface area contributed by atoms with Crippen LogP contribution in [0.15, 0.2) is 0 Å². The molecule has 0 spiro atoms. The van der Waals surface area contributed by atoms with Gasteiger partial charge in [-0.2, -0.15) is 0 Å². The van der Waals surface area contributed by atoms with E-state index in [0.717, 1.165) is 11.8 Å². The van der Waals surface area contributed by atoms with Gasteiger partial charge in [0.15, 0.2) is 0 Å². The van der Waals surface area contributed by atoms with Crippen LogP contribution < -0.4 is 0 Å². The summed E-state index contributed by atoms with van der Waals surface area (Å²) in [6.07, 6.45) is 0. The van der Waals surface area contributed by atoms with Gasteiger partial charge >= 0.3 is 0 Å². The second kappa shape index (κ2) is 2.52. The monoisotopic (exact) mass is 182 g/mol. The zero-order valence-corrected chi connectivity index (χ0v) is 10.7. The molecular formula is C13H26. The van der Waals surface area contributed by atoms with E-state index in [1.807, 2.05) is 0 Å². The third kappa shape index (κ3) is 1.10. The fourth-order valence-electron chi connectivity index (χ4n) is 3.50. The van der Waals surface area contributed by atoms with Crippen molar-refractivity contribution in [3.8, 4) is 0 Å². The van der Waals surface area contributed by atoms with Crippen molar-refractivity contribution in [3.63, 3.8) is 0 Å². The van der Waals surface area contributed by atoms with Crippen LogP contribution in [-0.2, 0) is 0 Å². The number of rotatable bonds is 0. The molecule has 1 aliphatic rings. The van der Waals surface area contributed by atoms with E-state index < -0.39 is 0 Å². The first-order valence-electron chi connectivity index (χ1n) is 5.56. The molecule has 0 nitrogen and oxygen atoms in total. The zero-order chi connectivity index (χ0) is 10.7. The maximum Gasteiger partial charge on any atom is -0.0216 e. The number of hydrogen-bond donors (Lipinski definition) is 0. The molecule has 0 N–H and O–H groups in total. The van der Waals surface area contributed by atoms with Crippen LogP contribution in [0.2, 0.25) is 0 Å². The fraction of sp³-hybridized carbons (Fsp3) is 1.00. The van der Waals surface area contributed by atoms with Crippen molar-refractivity contribution < 1.29 is 0 Å². The van der Waals surface area contributed by atoms with Gasteiger partial charge in [-0.25, -0.2) is 0 Å². The van der Waals surface area contributed by atoms with E-state index >= 15 is 0 Å². The average molecular weight is 182 g/mol. The van der Waals surface area contributed by atoms with Gasteiger partial charge in [-0.3, -0.25) is 0 Å². The standard InChI is InChI=1S/C13H26/c1-9-12(6,7)10(2)13(9,8)11(3,4)5/h9-10H,1-8H3. The summed E-state index contributed by atoms with van der Waals surface area (Å²) in [6.45, 7) is 19.3. The molecule has 0 radical (unpaired) electrons. The normalized spacial score (nSPS) is 44.3. The second-order valence-electron chi connectivity index (χ2n) is 6.80. The summed E-state index contributed by atoms with van der Waals surface area (Å²) in [6, 6.07) is 0. The van der Waals surface area contributed by atoms with Gasteiger partial charge in [0, 0.05) is 0 Å². The van der Waals surface area contributed by atoms with Crippen LogP contribution in [0.5, 0.6) is 0 Å². The van der Waals surface area contributed by atoms with Crippen LogP contribution in [0, 0.1) is 28.1 Å². The van der Waals surface area contributed by atoms with Crippen LogP contribution in [0.3, 0.4) is 0 Å². The minimum Gasteiger partial charge on any atom is -0.0614 e. The van der Waals surface area contributed by atoms with Crippen molar-refractivity contribution in [3.05, 3.63) is 0 Å². The largest absolute Gasteiger partial charge is 0.0614 e. The third-order valence-electron chi connectivity index (χ3n) is 5.65. The van der Waals surface area contributed by atoms with E-state index in [9.17, 15) is 0 Å². The summed E-state index contributed by atoms with van der Waals surface area (Å²) < 4.78 is 0. The Balaban J connectivity index is 2.99. The molecule has 78 valence electrons. The fourth-order valence-corrected chi connectivity index (χ4v) is 3.50. The Kier molecular flexibility index (Phi) is 2.15. The molecule has 0 aromatic rings. The molecule has 1 aliphatic carbocycles. The first-order chi connectivity index (χ1) is 5.56. The van der Waals surface area contributed by atoms with Gasteiger partial charge in [-0.1, -0.05) is 55.4 Å². The van der Waals surface area contributed by atoms with Crippen LogP contribution in [-0.4, -0.2) is 0 Å². The third-order valence-corrected chi connectivity index (χ3v) is 5.65. The maximum absolute atomic E-state index is 2.47. The predicted molar refractivity (Wildman–Crippen MR) is 59.7 cm³/mol. The minimum atomic E-state index is 0.432. The Morgan fingerprint density at radius 2 is 1.15 bits per heavy atom. The molecule has 2 unspecified atom stereocenters. The van der Waals surface area contributed by atoms with Crippen LogP contribution in [0.1, 0.15) is 55.4 Å². The Labute approximate surface area is 84.1 Å². The maximum atomic E-state index is 2.47. The first kappa shape index (κ1) is 11.1. The predicted octanol–water partition coefficient (Wildman–Crippen LogP) is 4.35. The molecule has 0 aromatic heterocycles. The summed E-state index contributed by atoms with van der Waals surface area (Å²) >= 11 is 0. The van der Waals surface area contributed by atoms with Gasteiger partial charge in [0.25, 0.3) is 0 Å². The van der Waals surface area contributed by atoms with Crippen molar-refractivity contribution in [2.45, 2.75) is 55.4 Å². The van der Waals surface area contributed by atoms with Gasteiger partial charge in [0.2, 0.25) is 0 Å². The Morgan fingerprint density at radius 3 is 1.31 bits per heavy atom. The lowest BCUT2D eigenvalue weighted by atomic mass is 9.36. The quantitative estimate of drug-likeness (QED) is 0.522. The highest BCUT2D eigenvalue weighted by molar-refractivity contribution is 5.11. The van der Waals surface area contributed by atoms with Crippen molar-refractivity contribution in [1.29, 1.82) is 0 Å². The smallest absolute Gasteiger partial charge is 0.0216 e. The van der Waals surface area contributed by atoms with Gasteiger partial charge in [-0.05, 0) is 28.1 Å². The van der Waals surface area contributed by atoms with Crippen LogP contribution in [0.4, 0.5) is 0 Å². The van der Waals surface area contributed by atoms with Crippen molar-refractivity contribution in [2.75, 3.05) is 0 Å². The van der Waals surface area contributed by atoms with Gasteiger partial charge < -0.3 is 0 Å². The Bertz CT molecular complexity index is 193. The zero-order valence-electron chi connectivity index (χ0n) is 10.7. The van der Waals surface area contributed by atoms with Gasteiger partial charge in [0.1, 0.15) is 0 Å². The molecule has 0 bridgehead atoms. The molecule has 0 aromatic carbocycles. The lowest BCUT2D eigenvalue weighted by Crippen LogP contribution is -2.63.